The van der Waals surface area contributed by atoms with Gasteiger partial charge in [0.15, 0.2) is 0 Å². The van der Waals surface area contributed by atoms with Crippen molar-refractivity contribution >= 4 is 0 Å². The van der Waals surface area contributed by atoms with Crippen molar-refractivity contribution in [3.8, 4) is 0 Å². The van der Waals surface area contributed by atoms with Gasteiger partial charge in [0, 0.05) is 5.54 Å². The Morgan fingerprint density at radius 2 is 1.25 bits per heavy atom. The average molecular weight is 175 g/mol. The van der Waals surface area contributed by atoms with Crippen LogP contribution >= 0.6 is 0 Å². The zero-order chi connectivity index (χ0) is 10.6. The highest BCUT2D eigenvalue weighted by atomic mass is 14.9. The van der Waals surface area contributed by atoms with Crippen LogP contribution in [0.3, 0.4) is 0 Å². The highest BCUT2D eigenvalue weighted by Gasteiger charge is 2.10. The molecule has 0 aliphatic carbocycles. The molecule has 78 valence electrons. The normalized spacial score (nSPS) is 9.00. The van der Waals surface area contributed by atoms with Crippen LogP contribution in [0.2, 0.25) is 0 Å². The summed E-state index contributed by atoms with van der Waals surface area (Å²) >= 11 is 0. The molecule has 0 aromatic carbocycles. The van der Waals surface area contributed by atoms with Gasteiger partial charge in [-0.3, -0.25) is 0 Å². The summed E-state index contributed by atoms with van der Waals surface area (Å²) in [5.41, 5.74) is 0.342. The van der Waals surface area contributed by atoms with Gasteiger partial charge in [0.1, 0.15) is 0 Å². The summed E-state index contributed by atoms with van der Waals surface area (Å²) in [4.78, 5) is 0. The van der Waals surface area contributed by atoms with Gasteiger partial charge in [-0.15, -0.1) is 0 Å². The van der Waals surface area contributed by atoms with Gasteiger partial charge in [0.25, 0.3) is 0 Å². The third-order valence-electron chi connectivity index (χ3n) is 1.54. The van der Waals surface area contributed by atoms with E-state index in [1.807, 2.05) is 27.7 Å². The maximum Gasteiger partial charge on any atom is 0.0122 e. The highest BCUT2D eigenvalue weighted by Crippen LogP contribution is 2.04. The van der Waals surface area contributed by atoms with Gasteiger partial charge in [-0.1, -0.05) is 41.5 Å². The molecule has 0 spiro atoms. The Kier molecular flexibility index (Phi) is 20.2. The molecule has 0 bridgehead atoms. The van der Waals surface area contributed by atoms with Crippen molar-refractivity contribution < 1.29 is 0 Å². The standard InChI is InChI=1S/C7H17N.2C2H6/c1-5-7(3,4)8-6-2;2*1-2/h8H,5-6H2,1-4H3;2*1-2H3. The van der Waals surface area contributed by atoms with Crippen LogP contribution < -0.4 is 5.32 Å². The van der Waals surface area contributed by atoms with Crippen LogP contribution in [-0.4, -0.2) is 12.1 Å². The highest BCUT2D eigenvalue weighted by molar-refractivity contribution is 4.73. The topological polar surface area (TPSA) is 12.0 Å². The Morgan fingerprint density at radius 1 is 0.917 bits per heavy atom. The fraction of sp³-hybridized carbons (Fsp3) is 1.00. The number of rotatable bonds is 3. The molecule has 0 fully saturated rings. The summed E-state index contributed by atoms with van der Waals surface area (Å²) in [6.45, 7) is 17.8. The van der Waals surface area contributed by atoms with Crippen LogP contribution in [0.15, 0.2) is 0 Å². The Hall–Kier alpha value is -0.0400. The quantitative estimate of drug-likeness (QED) is 0.687. The van der Waals surface area contributed by atoms with Crippen molar-refractivity contribution in [3.05, 3.63) is 0 Å². The number of hydrogen-bond donors (Lipinski definition) is 1. The van der Waals surface area contributed by atoms with E-state index in [0.717, 1.165) is 6.54 Å². The first kappa shape index (κ1) is 17.9. The Balaban J connectivity index is -0.000000175. The fourth-order valence-corrected chi connectivity index (χ4v) is 0.604. The van der Waals surface area contributed by atoms with E-state index in [2.05, 4.69) is 33.0 Å². The van der Waals surface area contributed by atoms with Crippen molar-refractivity contribution in [3.63, 3.8) is 0 Å². The van der Waals surface area contributed by atoms with Crippen molar-refractivity contribution in [2.24, 2.45) is 0 Å². The lowest BCUT2D eigenvalue weighted by atomic mass is 10.0. The van der Waals surface area contributed by atoms with Crippen LogP contribution in [0.4, 0.5) is 0 Å². The molecule has 12 heavy (non-hydrogen) atoms. The fourth-order valence-electron chi connectivity index (χ4n) is 0.604. The minimum atomic E-state index is 0.342. The maximum absolute atomic E-state index is 3.37. The third kappa shape index (κ3) is 16.5. The lowest BCUT2D eigenvalue weighted by molar-refractivity contribution is 0.387. The first-order valence-electron chi connectivity index (χ1n) is 5.37. The summed E-state index contributed by atoms with van der Waals surface area (Å²) in [5.74, 6) is 0. The van der Waals surface area contributed by atoms with Gasteiger partial charge >= 0.3 is 0 Å². The van der Waals surface area contributed by atoms with E-state index in [1.165, 1.54) is 6.42 Å². The molecule has 1 nitrogen and oxygen atoms in total. The Bertz CT molecular complexity index is 58.0. The molecule has 0 unspecified atom stereocenters. The smallest absolute Gasteiger partial charge is 0.0122 e. The molecular weight excluding hydrogens is 146 g/mol. The van der Waals surface area contributed by atoms with E-state index in [9.17, 15) is 0 Å². The van der Waals surface area contributed by atoms with E-state index < -0.39 is 0 Å². The molecule has 0 saturated carbocycles. The Labute approximate surface area is 80.0 Å². The Morgan fingerprint density at radius 3 is 1.33 bits per heavy atom. The minimum absolute atomic E-state index is 0.342. The molecule has 1 heteroatoms. The maximum atomic E-state index is 3.37. The predicted octanol–water partition coefficient (Wildman–Crippen LogP) is 3.84. The van der Waals surface area contributed by atoms with E-state index in [1.54, 1.807) is 0 Å². The van der Waals surface area contributed by atoms with Gasteiger partial charge in [-0.25, -0.2) is 0 Å². The summed E-state index contributed by atoms with van der Waals surface area (Å²) in [5, 5.41) is 3.37. The molecule has 0 amide bonds. The van der Waals surface area contributed by atoms with Crippen LogP contribution in [-0.2, 0) is 0 Å². The molecule has 0 radical (unpaired) electrons. The third-order valence-corrected chi connectivity index (χ3v) is 1.54. The van der Waals surface area contributed by atoms with E-state index in [4.69, 9.17) is 0 Å². The molecular formula is C11H29N. The molecule has 0 aliphatic rings. The average Bonchev–Trinajstić information content (AvgIpc) is 2.12. The second kappa shape index (κ2) is 13.5. The molecule has 0 aromatic heterocycles. The van der Waals surface area contributed by atoms with Crippen LogP contribution in [0, 0.1) is 0 Å². The molecule has 0 saturated heterocycles. The van der Waals surface area contributed by atoms with Gasteiger partial charge < -0.3 is 5.32 Å². The zero-order valence-corrected chi connectivity index (χ0v) is 10.4. The van der Waals surface area contributed by atoms with Crippen molar-refractivity contribution in [2.75, 3.05) is 6.54 Å². The number of hydrogen-bond acceptors (Lipinski definition) is 1. The summed E-state index contributed by atoms with van der Waals surface area (Å²) in [6.07, 6.45) is 1.20. The lowest BCUT2D eigenvalue weighted by Crippen LogP contribution is -2.37. The molecule has 1 N–H and O–H groups in total. The van der Waals surface area contributed by atoms with Crippen LogP contribution in [0.1, 0.15) is 61.8 Å². The summed E-state index contributed by atoms with van der Waals surface area (Å²) in [6, 6.07) is 0. The van der Waals surface area contributed by atoms with Crippen LogP contribution in [0.25, 0.3) is 0 Å². The zero-order valence-electron chi connectivity index (χ0n) is 10.4. The molecule has 0 aromatic rings. The van der Waals surface area contributed by atoms with E-state index in [0.29, 0.717) is 5.54 Å². The lowest BCUT2D eigenvalue weighted by Gasteiger charge is -2.23. The second-order valence-corrected chi connectivity index (χ2v) is 2.77. The van der Waals surface area contributed by atoms with E-state index >= 15 is 0 Å². The first-order chi connectivity index (χ1) is 5.62. The summed E-state index contributed by atoms with van der Waals surface area (Å²) < 4.78 is 0. The van der Waals surface area contributed by atoms with Gasteiger partial charge in [0.05, 0.1) is 0 Å². The van der Waals surface area contributed by atoms with E-state index in [-0.39, 0.29) is 0 Å². The van der Waals surface area contributed by atoms with Crippen molar-refractivity contribution in [1.29, 1.82) is 0 Å². The molecule has 0 aliphatic heterocycles. The summed E-state index contributed by atoms with van der Waals surface area (Å²) in [7, 11) is 0. The van der Waals surface area contributed by atoms with Gasteiger partial charge in [-0.05, 0) is 26.8 Å². The second-order valence-electron chi connectivity index (χ2n) is 2.77. The molecule has 0 rings (SSSR count). The first-order valence-corrected chi connectivity index (χ1v) is 5.37. The number of nitrogens with one attached hydrogen (secondary N) is 1. The largest absolute Gasteiger partial charge is 0.312 e. The molecule has 0 atom stereocenters. The van der Waals surface area contributed by atoms with Crippen molar-refractivity contribution in [2.45, 2.75) is 67.3 Å². The SMILES string of the molecule is CC.CC.CCNC(C)(C)CC. The monoisotopic (exact) mass is 175 g/mol. The van der Waals surface area contributed by atoms with Crippen LogP contribution in [0.5, 0.6) is 0 Å². The molecule has 0 heterocycles. The van der Waals surface area contributed by atoms with Gasteiger partial charge in [-0.2, -0.15) is 0 Å². The predicted molar refractivity (Wildman–Crippen MR) is 60.7 cm³/mol. The van der Waals surface area contributed by atoms with Gasteiger partial charge in [0.2, 0.25) is 0 Å². The minimum Gasteiger partial charge on any atom is -0.312 e. The van der Waals surface area contributed by atoms with Crippen molar-refractivity contribution in [1.82, 2.24) is 5.32 Å².